The molecule has 2 aromatic carbocycles. The van der Waals surface area contributed by atoms with Crippen molar-refractivity contribution >= 4 is 23.6 Å². The molecule has 0 aromatic heterocycles. The number of nitrogens with zero attached hydrogens (tertiary/aromatic N) is 1. The molecule has 1 amide bonds. The van der Waals surface area contributed by atoms with E-state index in [2.05, 4.69) is 12.1 Å². The summed E-state index contributed by atoms with van der Waals surface area (Å²) in [5.74, 6) is 0.0105. The molecule has 0 heterocycles. The molecule has 0 saturated heterocycles. The number of rotatable bonds is 10. The van der Waals surface area contributed by atoms with E-state index in [1.54, 1.807) is 42.1 Å². The van der Waals surface area contributed by atoms with Crippen LogP contribution in [0, 0.1) is 0 Å². The van der Waals surface area contributed by atoms with E-state index in [4.69, 9.17) is 4.84 Å². The molecule has 0 aliphatic heterocycles. The van der Waals surface area contributed by atoms with E-state index < -0.39 is 17.9 Å². The maximum absolute atomic E-state index is 12.5. The topological polar surface area (TPSA) is 66.8 Å². The van der Waals surface area contributed by atoms with Crippen LogP contribution in [0.3, 0.4) is 0 Å². The Bertz CT molecular complexity index is 693. The number of hydrogen-bond acceptors (Lipinski definition) is 4. The molecule has 5 nitrogen and oxygen atoms in total. The molecule has 2 aromatic rings. The molecule has 0 unspecified atom stereocenters. The number of hydroxylamine groups is 2. The van der Waals surface area contributed by atoms with Crippen LogP contribution in [0.1, 0.15) is 22.3 Å². The Kier molecular flexibility index (Phi) is 8.18. The average Bonchev–Trinajstić information content (AvgIpc) is 2.68. The predicted molar refractivity (Wildman–Crippen MR) is 103 cm³/mol. The van der Waals surface area contributed by atoms with Crippen molar-refractivity contribution in [2.45, 2.75) is 18.9 Å². The number of carboxylic acids is 1. The van der Waals surface area contributed by atoms with E-state index in [1.807, 2.05) is 18.2 Å². The van der Waals surface area contributed by atoms with Crippen molar-refractivity contribution < 1.29 is 19.5 Å². The minimum Gasteiger partial charge on any atom is -0.480 e. The molecule has 26 heavy (non-hydrogen) atoms. The van der Waals surface area contributed by atoms with Crippen molar-refractivity contribution in [3.05, 3.63) is 71.8 Å². The van der Waals surface area contributed by atoms with E-state index in [0.717, 1.165) is 17.2 Å². The van der Waals surface area contributed by atoms with Gasteiger partial charge in [0.25, 0.3) is 5.91 Å². The Balaban J connectivity index is 1.88. The maximum Gasteiger partial charge on any atom is 0.329 e. The van der Waals surface area contributed by atoms with Gasteiger partial charge in [-0.25, -0.2) is 9.86 Å². The summed E-state index contributed by atoms with van der Waals surface area (Å²) in [7, 11) is 1.32. The van der Waals surface area contributed by atoms with Crippen molar-refractivity contribution in [1.82, 2.24) is 5.06 Å². The highest BCUT2D eigenvalue weighted by atomic mass is 32.2. The third-order valence-corrected chi connectivity index (χ3v) is 4.92. The average molecular weight is 373 g/mol. The lowest BCUT2D eigenvalue weighted by atomic mass is 10.1. The number of thioether (sulfide) groups is 1. The van der Waals surface area contributed by atoms with Gasteiger partial charge in [-0.2, -0.15) is 11.8 Å². The number of amides is 1. The number of hydrogen-bond donors (Lipinski definition) is 1. The molecular formula is C20H23NO4S. The third-order valence-electron chi connectivity index (χ3n) is 3.90. The first-order valence-corrected chi connectivity index (χ1v) is 9.56. The molecule has 0 fully saturated rings. The standard InChI is InChI=1S/C20H23NO4S/c1-25-21(19(22)17-10-6-3-7-11-17)18(20(23)24)13-15-26-14-12-16-8-4-2-5-9-16/h2-11,18H,12-15H2,1H3,(H,23,24)/t18-/m0/s1. The zero-order valence-electron chi connectivity index (χ0n) is 14.7. The van der Waals surface area contributed by atoms with Crippen molar-refractivity contribution in [3.8, 4) is 0 Å². The Hall–Kier alpha value is -2.31. The van der Waals surface area contributed by atoms with Crippen molar-refractivity contribution in [3.63, 3.8) is 0 Å². The van der Waals surface area contributed by atoms with Crippen molar-refractivity contribution in [2.24, 2.45) is 0 Å². The minimum absolute atomic E-state index is 0.321. The van der Waals surface area contributed by atoms with Gasteiger partial charge in [0.05, 0.1) is 7.11 Å². The number of aryl methyl sites for hydroxylation is 1. The molecule has 0 radical (unpaired) electrons. The fourth-order valence-electron chi connectivity index (χ4n) is 2.53. The van der Waals surface area contributed by atoms with Crippen LogP contribution in [0.15, 0.2) is 60.7 Å². The largest absolute Gasteiger partial charge is 0.480 e. The van der Waals surface area contributed by atoms with Crippen LogP contribution < -0.4 is 0 Å². The van der Waals surface area contributed by atoms with E-state index in [0.29, 0.717) is 17.7 Å². The number of carbonyl (C=O) groups is 2. The second-order valence-corrected chi connectivity index (χ2v) is 6.89. The van der Waals surface area contributed by atoms with Crippen LogP contribution in [-0.2, 0) is 16.1 Å². The maximum atomic E-state index is 12.5. The molecule has 0 saturated carbocycles. The SMILES string of the molecule is CON(C(=O)c1ccccc1)[C@@H](CCSCCc1ccccc1)C(=O)O. The van der Waals surface area contributed by atoms with Crippen LogP contribution in [0.5, 0.6) is 0 Å². The van der Waals surface area contributed by atoms with Gasteiger partial charge in [-0.05, 0) is 42.0 Å². The summed E-state index contributed by atoms with van der Waals surface area (Å²) in [6.07, 6.45) is 1.25. The molecule has 0 aliphatic carbocycles. The smallest absolute Gasteiger partial charge is 0.329 e. The van der Waals surface area contributed by atoms with E-state index >= 15 is 0 Å². The molecule has 0 aliphatic rings. The first-order chi connectivity index (χ1) is 12.6. The summed E-state index contributed by atoms with van der Waals surface area (Å²) in [4.78, 5) is 29.3. The Labute approximate surface area is 157 Å². The second kappa shape index (κ2) is 10.6. The molecule has 0 spiro atoms. The van der Waals surface area contributed by atoms with Gasteiger partial charge in [-0.1, -0.05) is 48.5 Å². The van der Waals surface area contributed by atoms with Gasteiger partial charge in [-0.15, -0.1) is 0 Å². The lowest BCUT2D eigenvalue weighted by molar-refractivity contribution is -0.166. The highest BCUT2D eigenvalue weighted by Crippen LogP contribution is 2.16. The van der Waals surface area contributed by atoms with E-state index in [9.17, 15) is 14.7 Å². The fourth-order valence-corrected chi connectivity index (χ4v) is 3.51. The molecule has 2 rings (SSSR count). The summed E-state index contributed by atoms with van der Waals surface area (Å²) in [6, 6.07) is 17.7. The summed E-state index contributed by atoms with van der Waals surface area (Å²) in [5.41, 5.74) is 1.66. The summed E-state index contributed by atoms with van der Waals surface area (Å²) in [6.45, 7) is 0. The molecule has 1 atom stereocenters. The quantitative estimate of drug-likeness (QED) is 0.510. The van der Waals surface area contributed by atoms with Gasteiger partial charge in [0.2, 0.25) is 0 Å². The van der Waals surface area contributed by atoms with Gasteiger partial charge in [0.1, 0.15) is 0 Å². The summed E-state index contributed by atoms with van der Waals surface area (Å²) >= 11 is 1.67. The number of aliphatic carboxylic acids is 1. The van der Waals surface area contributed by atoms with Crippen LogP contribution in [0.4, 0.5) is 0 Å². The highest BCUT2D eigenvalue weighted by Gasteiger charge is 2.30. The van der Waals surface area contributed by atoms with Crippen LogP contribution in [0.2, 0.25) is 0 Å². The van der Waals surface area contributed by atoms with E-state index in [-0.39, 0.29) is 0 Å². The first kappa shape index (κ1) is 20.0. The fraction of sp³-hybridized carbons (Fsp3) is 0.300. The predicted octanol–water partition coefficient (Wildman–Crippen LogP) is 3.51. The van der Waals surface area contributed by atoms with Gasteiger partial charge in [0, 0.05) is 5.56 Å². The van der Waals surface area contributed by atoms with Crippen LogP contribution >= 0.6 is 11.8 Å². The van der Waals surface area contributed by atoms with Gasteiger partial charge in [0.15, 0.2) is 6.04 Å². The Morgan fingerprint density at radius 3 is 2.23 bits per heavy atom. The zero-order valence-corrected chi connectivity index (χ0v) is 15.5. The van der Waals surface area contributed by atoms with Crippen LogP contribution in [0.25, 0.3) is 0 Å². The Morgan fingerprint density at radius 2 is 1.65 bits per heavy atom. The Morgan fingerprint density at radius 1 is 1.04 bits per heavy atom. The molecule has 0 bridgehead atoms. The van der Waals surface area contributed by atoms with Crippen LogP contribution in [-0.4, -0.2) is 46.7 Å². The number of carbonyl (C=O) groups excluding carboxylic acids is 1. The summed E-state index contributed by atoms with van der Waals surface area (Å²) in [5, 5.41) is 10.5. The van der Waals surface area contributed by atoms with Crippen molar-refractivity contribution in [2.75, 3.05) is 18.6 Å². The summed E-state index contributed by atoms with van der Waals surface area (Å²) < 4.78 is 0. The third kappa shape index (κ3) is 5.89. The second-order valence-electron chi connectivity index (χ2n) is 5.67. The number of benzene rings is 2. The minimum atomic E-state index is -1.07. The molecule has 138 valence electrons. The first-order valence-electron chi connectivity index (χ1n) is 8.40. The molecule has 1 N–H and O–H groups in total. The highest BCUT2D eigenvalue weighted by molar-refractivity contribution is 7.99. The van der Waals surface area contributed by atoms with Gasteiger partial charge >= 0.3 is 5.97 Å². The molecule has 6 heteroatoms. The lowest BCUT2D eigenvalue weighted by Gasteiger charge is -2.26. The normalized spacial score (nSPS) is 11.7. The van der Waals surface area contributed by atoms with Gasteiger partial charge < -0.3 is 5.11 Å². The van der Waals surface area contributed by atoms with Gasteiger partial charge in [-0.3, -0.25) is 9.63 Å². The monoisotopic (exact) mass is 373 g/mol. The van der Waals surface area contributed by atoms with E-state index in [1.165, 1.54) is 12.7 Å². The number of carboxylic acid groups (broad SMARTS) is 1. The van der Waals surface area contributed by atoms with Crippen molar-refractivity contribution in [1.29, 1.82) is 0 Å². The molecular weight excluding hydrogens is 350 g/mol. The lowest BCUT2D eigenvalue weighted by Crippen LogP contribution is -2.44. The zero-order chi connectivity index (χ0) is 18.8.